The minimum Gasteiger partial charge on any atom is -0.484 e. The van der Waals surface area contributed by atoms with Gasteiger partial charge in [0.1, 0.15) is 5.75 Å². The van der Waals surface area contributed by atoms with Gasteiger partial charge in [0.25, 0.3) is 11.8 Å². The Labute approximate surface area is 176 Å². The van der Waals surface area contributed by atoms with Crippen LogP contribution in [-0.2, 0) is 4.79 Å². The molecule has 6 nitrogen and oxygen atoms in total. The Bertz CT molecular complexity index is 782. The van der Waals surface area contributed by atoms with Crippen molar-refractivity contribution in [3.63, 3.8) is 0 Å². The molecule has 3 rings (SSSR count). The van der Waals surface area contributed by atoms with Crippen molar-refractivity contribution in [3.8, 4) is 5.75 Å². The molecule has 0 bridgehead atoms. The van der Waals surface area contributed by atoms with Gasteiger partial charge in [0.05, 0.1) is 4.88 Å². The van der Waals surface area contributed by atoms with Crippen LogP contribution >= 0.6 is 11.3 Å². The predicted octanol–water partition coefficient (Wildman–Crippen LogP) is 2.82. The lowest BCUT2D eigenvalue weighted by Crippen LogP contribution is -2.50. The van der Waals surface area contributed by atoms with Crippen molar-refractivity contribution in [1.29, 1.82) is 0 Å². The Morgan fingerprint density at radius 1 is 1.10 bits per heavy atom. The maximum atomic E-state index is 12.4. The Morgan fingerprint density at radius 3 is 2.45 bits per heavy atom. The SMILES string of the molecule is CC(C)c1ccc(OCC(=O)NCCN2CCN(C(=O)c3cccs3)CC2)cc1. The van der Waals surface area contributed by atoms with Gasteiger partial charge in [-0.1, -0.05) is 32.0 Å². The molecule has 2 aromatic rings. The van der Waals surface area contributed by atoms with Gasteiger partial charge in [0.2, 0.25) is 0 Å². The first-order valence-electron chi connectivity index (χ1n) is 10.1. The number of nitrogens with zero attached hydrogens (tertiary/aromatic N) is 2. The van der Waals surface area contributed by atoms with Crippen molar-refractivity contribution in [1.82, 2.24) is 15.1 Å². The van der Waals surface area contributed by atoms with E-state index in [0.29, 0.717) is 18.2 Å². The number of nitrogens with one attached hydrogen (secondary N) is 1. The minimum atomic E-state index is -0.121. The second kappa shape index (κ2) is 10.4. The smallest absolute Gasteiger partial charge is 0.264 e. The topological polar surface area (TPSA) is 61.9 Å². The van der Waals surface area contributed by atoms with Crippen LogP contribution in [0.25, 0.3) is 0 Å². The van der Waals surface area contributed by atoms with E-state index < -0.39 is 0 Å². The number of rotatable bonds is 8. The number of hydrogen-bond donors (Lipinski definition) is 1. The molecule has 0 spiro atoms. The lowest BCUT2D eigenvalue weighted by atomic mass is 10.0. The van der Waals surface area contributed by atoms with Crippen LogP contribution in [0.15, 0.2) is 41.8 Å². The number of carbonyl (C=O) groups is 2. The van der Waals surface area contributed by atoms with Gasteiger partial charge in [-0.3, -0.25) is 14.5 Å². The molecule has 1 aliphatic rings. The first-order valence-corrected chi connectivity index (χ1v) is 11.0. The number of benzene rings is 1. The number of carbonyl (C=O) groups excluding carboxylic acids is 2. The fraction of sp³-hybridized carbons (Fsp3) is 0.455. The summed E-state index contributed by atoms with van der Waals surface area (Å²) in [6.07, 6.45) is 0. The molecule has 0 unspecified atom stereocenters. The zero-order chi connectivity index (χ0) is 20.6. The molecule has 0 aliphatic carbocycles. The van der Waals surface area contributed by atoms with Crippen molar-refractivity contribution in [2.45, 2.75) is 19.8 Å². The van der Waals surface area contributed by atoms with Gasteiger partial charge in [0.15, 0.2) is 6.61 Å². The lowest BCUT2D eigenvalue weighted by molar-refractivity contribution is -0.123. The molecule has 0 atom stereocenters. The maximum absolute atomic E-state index is 12.4. The average molecular weight is 416 g/mol. The second-order valence-electron chi connectivity index (χ2n) is 7.47. The van der Waals surface area contributed by atoms with E-state index in [2.05, 4.69) is 24.1 Å². The molecular weight excluding hydrogens is 386 g/mol. The molecule has 1 aromatic heterocycles. The first kappa shape index (κ1) is 21.3. The standard InChI is InChI=1S/C22H29N3O3S/c1-17(2)18-5-7-19(8-6-18)28-16-21(26)23-9-10-24-11-13-25(14-12-24)22(27)20-4-3-15-29-20/h3-8,15,17H,9-14,16H2,1-2H3,(H,23,26). The Morgan fingerprint density at radius 2 is 1.83 bits per heavy atom. The Kier molecular flexibility index (Phi) is 7.66. The predicted molar refractivity (Wildman–Crippen MR) is 116 cm³/mol. The van der Waals surface area contributed by atoms with E-state index in [4.69, 9.17) is 4.74 Å². The molecule has 2 amide bonds. The van der Waals surface area contributed by atoms with Crippen LogP contribution in [0, 0.1) is 0 Å². The first-order chi connectivity index (χ1) is 14.0. The lowest BCUT2D eigenvalue weighted by Gasteiger charge is -2.34. The summed E-state index contributed by atoms with van der Waals surface area (Å²) < 4.78 is 5.55. The summed E-state index contributed by atoms with van der Waals surface area (Å²) in [5.74, 6) is 1.18. The summed E-state index contributed by atoms with van der Waals surface area (Å²) in [6, 6.07) is 11.6. The van der Waals surface area contributed by atoms with Gasteiger partial charge in [-0.15, -0.1) is 11.3 Å². The van der Waals surface area contributed by atoms with E-state index in [1.807, 2.05) is 46.7 Å². The van der Waals surface area contributed by atoms with E-state index in [0.717, 1.165) is 37.6 Å². The largest absolute Gasteiger partial charge is 0.484 e. The zero-order valence-corrected chi connectivity index (χ0v) is 17.9. The molecule has 1 saturated heterocycles. The van der Waals surface area contributed by atoms with Crippen LogP contribution in [-0.4, -0.2) is 67.5 Å². The minimum absolute atomic E-state index is 0.0180. The Balaban J connectivity index is 1.30. The number of ether oxygens (including phenoxy) is 1. The highest BCUT2D eigenvalue weighted by atomic mass is 32.1. The van der Waals surface area contributed by atoms with Gasteiger partial charge < -0.3 is 15.0 Å². The fourth-order valence-electron chi connectivity index (χ4n) is 3.23. The molecule has 2 heterocycles. The number of amides is 2. The van der Waals surface area contributed by atoms with Crippen molar-refractivity contribution in [2.24, 2.45) is 0 Å². The third kappa shape index (κ3) is 6.30. The zero-order valence-electron chi connectivity index (χ0n) is 17.1. The van der Waals surface area contributed by atoms with Crippen molar-refractivity contribution in [2.75, 3.05) is 45.9 Å². The highest BCUT2D eigenvalue weighted by molar-refractivity contribution is 7.12. The summed E-state index contributed by atoms with van der Waals surface area (Å²) in [4.78, 5) is 29.3. The Hall–Kier alpha value is -2.38. The summed E-state index contributed by atoms with van der Waals surface area (Å²) >= 11 is 1.48. The molecule has 1 N–H and O–H groups in total. The highest BCUT2D eigenvalue weighted by Gasteiger charge is 2.22. The monoisotopic (exact) mass is 415 g/mol. The van der Waals surface area contributed by atoms with Crippen LogP contribution in [0.5, 0.6) is 5.75 Å². The van der Waals surface area contributed by atoms with Crippen molar-refractivity contribution < 1.29 is 14.3 Å². The van der Waals surface area contributed by atoms with Crippen LogP contribution < -0.4 is 10.1 Å². The molecule has 0 saturated carbocycles. The molecule has 1 fully saturated rings. The van der Waals surface area contributed by atoms with Crippen LogP contribution in [0.3, 0.4) is 0 Å². The molecular formula is C22H29N3O3S. The number of hydrogen-bond acceptors (Lipinski definition) is 5. The van der Waals surface area contributed by atoms with E-state index in [1.54, 1.807) is 0 Å². The third-order valence-electron chi connectivity index (χ3n) is 5.06. The van der Waals surface area contributed by atoms with Gasteiger partial charge in [-0.2, -0.15) is 0 Å². The van der Waals surface area contributed by atoms with Crippen LogP contribution in [0.4, 0.5) is 0 Å². The summed E-state index contributed by atoms with van der Waals surface area (Å²) in [5.41, 5.74) is 1.25. The molecule has 0 radical (unpaired) electrons. The summed E-state index contributed by atoms with van der Waals surface area (Å²) in [5, 5.41) is 4.83. The third-order valence-corrected chi connectivity index (χ3v) is 5.92. The van der Waals surface area contributed by atoms with Crippen molar-refractivity contribution in [3.05, 3.63) is 52.2 Å². The number of piperazine rings is 1. The van der Waals surface area contributed by atoms with E-state index >= 15 is 0 Å². The molecule has 1 aliphatic heterocycles. The van der Waals surface area contributed by atoms with Gasteiger partial charge in [-0.05, 0) is 35.1 Å². The molecule has 7 heteroatoms. The molecule has 29 heavy (non-hydrogen) atoms. The normalized spacial score (nSPS) is 14.8. The van der Waals surface area contributed by atoms with Gasteiger partial charge in [-0.25, -0.2) is 0 Å². The highest BCUT2D eigenvalue weighted by Crippen LogP contribution is 2.18. The quantitative estimate of drug-likeness (QED) is 0.720. The van der Waals surface area contributed by atoms with E-state index in [-0.39, 0.29) is 18.4 Å². The number of thiophene rings is 1. The molecule has 156 valence electrons. The maximum Gasteiger partial charge on any atom is 0.264 e. The summed E-state index contributed by atoms with van der Waals surface area (Å²) in [6.45, 7) is 8.75. The van der Waals surface area contributed by atoms with Crippen LogP contribution in [0.2, 0.25) is 0 Å². The van der Waals surface area contributed by atoms with Crippen molar-refractivity contribution >= 4 is 23.2 Å². The second-order valence-corrected chi connectivity index (χ2v) is 8.42. The van der Waals surface area contributed by atoms with E-state index in [9.17, 15) is 9.59 Å². The van der Waals surface area contributed by atoms with E-state index in [1.165, 1.54) is 16.9 Å². The van der Waals surface area contributed by atoms with Gasteiger partial charge >= 0.3 is 0 Å². The summed E-state index contributed by atoms with van der Waals surface area (Å²) in [7, 11) is 0. The fourth-order valence-corrected chi connectivity index (χ4v) is 3.92. The molecule has 1 aromatic carbocycles. The van der Waals surface area contributed by atoms with Crippen LogP contribution in [0.1, 0.15) is 35.0 Å². The average Bonchev–Trinajstić information content (AvgIpc) is 3.27. The van der Waals surface area contributed by atoms with Gasteiger partial charge in [0, 0.05) is 39.3 Å².